The molecule has 70 heavy (non-hydrogen) atoms. The van der Waals surface area contributed by atoms with E-state index in [1.165, 1.54) is 6.20 Å². The molecule has 0 aliphatic rings. The van der Waals surface area contributed by atoms with Gasteiger partial charge in [-0.25, -0.2) is 14.6 Å². The number of nitrogens with zero attached hydrogens (tertiary/aromatic N) is 7. The van der Waals surface area contributed by atoms with Crippen LogP contribution in [0.3, 0.4) is 0 Å². The van der Waals surface area contributed by atoms with Crippen molar-refractivity contribution in [2.45, 2.75) is 84.1 Å². The second kappa shape index (κ2) is 29.2. The van der Waals surface area contributed by atoms with E-state index in [4.69, 9.17) is 23.9 Å². The summed E-state index contributed by atoms with van der Waals surface area (Å²) in [5.74, 6) is 1.85. The molecule has 0 aliphatic heterocycles. The van der Waals surface area contributed by atoms with Gasteiger partial charge in [-0.15, -0.1) is 5.10 Å². The Morgan fingerprint density at radius 2 is 1.39 bits per heavy atom. The Labute approximate surface area is 412 Å². The Hall–Kier alpha value is -6.88. The van der Waals surface area contributed by atoms with E-state index in [0.29, 0.717) is 96.0 Å². The largest absolute Gasteiger partial charge is 0.478 e. The number of unbranched alkanes of at least 4 members (excludes halogenated alkanes) is 2. The number of ether oxygens (including phenoxy) is 4. The van der Waals surface area contributed by atoms with Gasteiger partial charge in [-0.3, -0.25) is 15.0 Å². The van der Waals surface area contributed by atoms with Gasteiger partial charge in [0.05, 0.1) is 50.5 Å². The van der Waals surface area contributed by atoms with Crippen LogP contribution < -0.4 is 20.8 Å². The first-order valence-corrected chi connectivity index (χ1v) is 24.4. The lowest BCUT2D eigenvalue weighted by Gasteiger charge is -2.23. The lowest BCUT2D eigenvalue weighted by Crippen LogP contribution is -2.25. The summed E-state index contributed by atoms with van der Waals surface area (Å²) in [5.41, 5.74) is 9.39. The van der Waals surface area contributed by atoms with Gasteiger partial charge in [0.25, 0.3) is 5.91 Å². The van der Waals surface area contributed by atoms with Crippen molar-refractivity contribution in [3.05, 3.63) is 138 Å². The van der Waals surface area contributed by atoms with Crippen LogP contribution in [0.1, 0.15) is 92.5 Å². The number of carbonyl (C=O) groups excluding carboxylic acids is 2. The molecule has 0 aliphatic carbocycles. The number of aryl methyl sites for hydroxylation is 2. The van der Waals surface area contributed by atoms with Crippen molar-refractivity contribution in [2.75, 3.05) is 64.8 Å². The second-order valence-corrected chi connectivity index (χ2v) is 17.5. The fourth-order valence-corrected chi connectivity index (χ4v) is 7.48. The summed E-state index contributed by atoms with van der Waals surface area (Å²) in [4.78, 5) is 34.0. The molecule has 0 bridgehead atoms. The molecule has 6 rings (SSSR count). The van der Waals surface area contributed by atoms with E-state index in [1.807, 2.05) is 78.3 Å². The fraction of sp³-hybridized carbons (Fsp3) is 0.407. The van der Waals surface area contributed by atoms with E-state index in [9.17, 15) is 9.59 Å². The maximum Gasteiger partial charge on any atom is 0.252 e. The molecule has 0 unspecified atom stereocenters. The molecule has 3 heterocycles. The Kier molecular flexibility index (Phi) is 21.9. The summed E-state index contributed by atoms with van der Waals surface area (Å²) in [6.07, 6.45) is 9.32. The van der Waals surface area contributed by atoms with Crippen molar-refractivity contribution in [3.63, 3.8) is 0 Å². The summed E-state index contributed by atoms with van der Waals surface area (Å²) in [7, 11) is 0. The van der Waals surface area contributed by atoms with Gasteiger partial charge < -0.3 is 29.6 Å². The number of amides is 2. The zero-order chi connectivity index (χ0) is 49.1. The van der Waals surface area contributed by atoms with Crippen molar-refractivity contribution in [3.8, 4) is 28.3 Å². The standard InChI is InChI=1S/C54H68N10O6/c1-42-18-10-11-23-45(42)41-58-60-49-26-25-46(40-57-49)52(66)56-29-17-32-68-35-37-69-36-34-67-31-16-28-55-50(65)24-12-14-30-64-53(61-62-63-64)54(2,3)27-13-15-33-70-51-39-47(43-19-6-4-7-20-43)38-48(59-51)44-21-8-5-9-22-44/h4-11,18-23,25-26,38-41H,12-17,24,27-37H2,1-3H3,(H,55,65)(H,56,66)(H,57,60)/b58-41+. The smallest absolute Gasteiger partial charge is 0.252 e. The summed E-state index contributed by atoms with van der Waals surface area (Å²) in [5, 5.41) is 22.7. The summed E-state index contributed by atoms with van der Waals surface area (Å²) in [6.45, 7) is 11.5. The first-order valence-electron chi connectivity index (χ1n) is 24.4. The molecule has 370 valence electrons. The Bertz CT molecular complexity index is 2430. The third kappa shape index (κ3) is 18.2. The van der Waals surface area contributed by atoms with Gasteiger partial charge in [-0.2, -0.15) is 5.10 Å². The average molecular weight is 953 g/mol. The van der Waals surface area contributed by atoms with E-state index < -0.39 is 0 Å². The van der Waals surface area contributed by atoms with Crippen molar-refractivity contribution >= 4 is 23.8 Å². The molecule has 2 amide bonds. The lowest BCUT2D eigenvalue weighted by molar-refractivity contribution is -0.121. The van der Waals surface area contributed by atoms with Gasteiger partial charge in [0.15, 0.2) is 5.82 Å². The van der Waals surface area contributed by atoms with Crippen LogP contribution >= 0.6 is 0 Å². The fourth-order valence-electron chi connectivity index (χ4n) is 7.48. The van der Waals surface area contributed by atoms with Crippen LogP contribution in [-0.2, 0) is 31.0 Å². The highest BCUT2D eigenvalue weighted by atomic mass is 16.5. The minimum Gasteiger partial charge on any atom is -0.478 e. The first kappa shape index (κ1) is 52.5. The van der Waals surface area contributed by atoms with Crippen molar-refractivity contribution < 1.29 is 28.5 Å². The number of aromatic nitrogens is 6. The third-order valence-electron chi connectivity index (χ3n) is 11.5. The molecule has 0 saturated carbocycles. The van der Waals surface area contributed by atoms with E-state index in [0.717, 1.165) is 77.9 Å². The summed E-state index contributed by atoms with van der Waals surface area (Å²) < 4.78 is 25.0. The number of hydrogen-bond donors (Lipinski definition) is 3. The number of benzene rings is 3. The first-order chi connectivity index (χ1) is 34.2. The third-order valence-corrected chi connectivity index (χ3v) is 11.5. The average Bonchev–Trinajstić information content (AvgIpc) is 3.87. The molecular weight excluding hydrogens is 885 g/mol. The maximum absolute atomic E-state index is 12.5. The number of hydrazone groups is 1. The van der Waals surface area contributed by atoms with Crippen LogP contribution in [0.15, 0.2) is 120 Å². The van der Waals surface area contributed by atoms with Gasteiger partial charge in [-0.05, 0) is 103 Å². The quantitative estimate of drug-likeness (QED) is 0.0208. The topological polar surface area (TPSA) is 189 Å². The van der Waals surface area contributed by atoms with Crippen molar-refractivity contribution in [1.29, 1.82) is 0 Å². The van der Waals surface area contributed by atoms with E-state index in [-0.39, 0.29) is 17.2 Å². The molecule has 0 radical (unpaired) electrons. The molecular formula is C54H68N10O6. The summed E-state index contributed by atoms with van der Waals surface area (Å²) in [6, 6.07) is 36.0. The Morgan fingerprint density at radius 3 is 2.10 bits per heavy atom. The predicted octanol–water partition coefficient (Wildman–Crippen LogP) is 8.62. The van der Waals surface area contributed by atoms with Crippen LogP contribution in [0, 0.1) is 6.92 Å². The molecule has 3 N–H and O–H groups in total. The molecule has 0 fully saturated rings. The van der Waals surface area contributed by atoms with Crippen LogP contribution in [0.25, 0.3) is 22.4 Å². The zero-order valence-electron chi connectivity index (χ0n) is 40.9. The van der Waals surface area contributed by atoms with E-state index >= 15 is 0 Å². The van der Waals surface area contributed by atoms with Crippen molar-refractivity contribution in [2.24, 2.45) is 5.10 Å². The monoisotopic (exact) mass is 953 g/mol. The van der Waals surface area contributed by atoms with Crippen LogP contribution in [0.2, 0.25) is 0 Å². The summed E-state index contributed by atoms with van der Waals surface area (Å²) >= 11 is 0. The number of tetrazole rings is 1. The Morgan fingerprint density at radius 1 is 0.700 bits per heavy atom. The van der Waals surface area contributed by atoms with Crippen molar-refractivity contribution in [1.82, 2.24) is 40.8 Å². The number of anilines is 1. The van der Waals surface area contributed by atoms with Crippen LogP contribution in [0.5, 0.6) is 5.88 Å². The molecule has 3 aromatic heterocycles. The highest BCUT2D eigenvalue weighted by Gasteiger charge is 2.27. The molecule has 0 atom stereocenters. The van der Waals surface area contributed by atoms with Gasteiger partial charge in [0, 0.05) is 62.5 Å². The molecule has 6 aromatic rings. The number of hydrogen-bond acceptors (Lipinski definition) is 13. The number of carbonyl (C=O) groups is 2. The molecule has 0 saturated heterocycles. The van der Waals surface area contributed by atoms with E-state index in [1.54, 1.807) is 18.3 Å². The number of rotatable bonds is 32. The van der Waals surface area contributed by atoms with Gasteiger partial charge in [-0.1, -0.05) is 98.8 Å². The number of pyridine rings is 2. The number of nitrogens with one attached hydrogen (secondary N) is 3. The second-order valence-electron chi connectivity index (χ2n) is 17.5. The lowest BCUT2D eigenvalue weighted by atomic mass is 9.86. The molecule has 3 aromatic carbocycles. The minimum absolute atomic E-state index is 0.0279. The van der Waals surface area contributed by atoms with Gasteiger partial charge >= 0.3 is 0 Å². The molecule has 0 spiro atoms. The maximum atomic E-state index is 12.5. The van der Waals surface area contributed by atoms with Gasteiger partial charge in [0.2, 0.25) is 11.8 Å². The zero-order valence-corrected chi connectivity index (χ0v) is 40.9. The van der Waals surface area contributed by atoms with Gasteiger partial charge in [0.1, 0.15) is 5.82 Å². The highest BCUT2D eigenvalue weighted by Crippen LogP contribution is 2.30. The highest BCUT2D eigenvalue weighted by molar-refractivity contribution is 5.94. The normalized spacial score (nSPS) is 11.5. The SMILES string of the molecule is Cc1ccccc1/C=N/Nc1ccc(C(=O)NCCCOCCOCCOCCCNC(=O)CCCCn2nnnc2C(C)(C)CCCCOc2cc(-c3ccccc3)cc(-c3ccccc3)n2)cn1. The van der Waals surface area contributed by atoms with Crippen LogP contribution in [-0.4, -0.2) is 108 Å². The molecule has 16 nitrogen and oxygen atoms in total. The Balaban J connectivity index is 0.729. The van der Waals surface area contributed by atoms with Crippen LogP contribution in [0.4, 0.5) is 5.82 Å². The minimum atomic E-state index is -0.231. The molecule has 16 heteroatoms. The van der Waals surface area contributed by atoms with E-state index in [2.05, 4.69) is 85.8 Å². The predicted molar refractivity (Wildman–Crippen MR) is 273 cm³/mol.